The summed E-state index contributed by atoms with van der Waals surface area (Å²) < 4.78 is 1.24. The van der Waals surface area contributed by atoms with E-state index in [2.05, 4.69) is 4.90 Å². The van der Waals surface area contributed by atoms with Crippen LogP contribution in [-0.4, -0.2) is 45.8 Å². The lowest BCUT2D eigenvalue weighted by molar-refractivity contribution is 0.0679. The van der Waals surface area contributed by atoms with E-state index in [9.17, 15) is 14.7 Å². The van der Waals surface area contributed by atoms with Crippen molar-refractivity contribution in [2.75, 3.05) is 20.1 Å². The number of carbonyl (C=O) groups is 1. The summed E-state index contributed by atoms with van der Waals surface area (Å²) in [5, 5.41) is 18.4. The topological polar surface area (TPSA) is 82.8 Å². The number of piperidine rings is 1. The maximum atomic E-state index is 11.8. The Bertz CT molecular complexity index is 538. The number of aromatic nitrogens is 1. The van der Waals surface area contributed by atoms with Crippen LogP contribution in [0.1, 0.15) is 23.3 Å². The summed E-state index contributed by atoms with van der Waals surface area (Å²) in [6, 6.07) is 2.18. The van der Waals surface area contributed by atoms with Crippen LogP contribution in [0.2, 0.25) is 0 Å². The predicted molar refractivity (Wildman–Crippen MR) is 69.5 cm³/mol. The molecule has 6 heteroatoms. The van der Waals surface area contributed by atoms with Gasteiger partial charge in [-0.05, 0) is 32.4 Å². The molecule has 104 valence electrons. The first-order valence-electron chi connectivity index (χ1n) is 6.33. The second-order valence-electron chi connectivity index (χ2n) is 5.12. The number of hydrogen-bond donors (Lipinski definition) is 2. The van der Waals surface area contributed by atoms with E-state index in [1.165, 1.54) is 4.57 Å². The van der Waals surface area contributed by atoms with Gasteiger partial charge in [-0.2, -0.15) is 0 Å². The number of carboxylic acids is 1. The van der Waals surface area contributed by atoms with Gasteiger partial charge in [0.05, 0.1) is 0 Å². The Hall–Kier alpha value is -1.82. The summed E-state index contributed by atoms with van der Waals surface area (Å²) >= 11 is 0. The van der Waals surface area contributed by atoms with E-state index in [-0.39, 0.29) is 17.4 Å². The van der Waals surface area contributed by atoms with Crippen LogP contribution in [0, 0.1) is 5.92 Å². The summed E-state index contributed by atoms with van der Waals surface area (Å²) in [5.74, 6) is -1.24. The highest BCUT2D eigenvalue weighted by Crippen LogP contribution is 2.18. The highest BCUT2D eigenvalue weighted by Gasteiger charge is 2.21. The van der Waals surface area contributed by atoms with Crippen molar-refractivity contribution in [2.24, 2.45) is 5.92 Å². The number of pyridine rings is 1. The summed E-state index contributed by atoms with van der Waals surface area (Å²) in [5.41, 5.74) is -0.621. The van der Waals surface area contributed by atoms with E-state index >= 15 is 0 Å². The molecule has 0 amide bonds. The molecule has 0 bridgehead atoms. The van der Waals surface area contributed by atoms with E-state index < -0.39 is 11.5 Å². The maximum absolute atomic E-state index is 11.8. The molecule has 6 nitrogen and oxygen atoms in total. The normalized spacial score (nSPS) is 20.4. The minimum absolute atomic E-state index is 0.154. The van der Waals surface area contributed by atoms with Crippen molar-refractivity contribution in [2.45, 2.75) is 19.4 Å². The van der Waals surface area contributed by atoms with E-state index in [0.717, 1.165) is 38.1 Å². The number of nitrogens with zero attached hydrogens (tertiary/aromatic N) is 2. The molecule has 2 rings (SSSR count). The first kappa shape index (κ1) is 13.6. The van der Waals surface area contributed by atoms with Gasteiger partial charge >= 0.3 is 5.97 Å². The SMILES string of the molecule is CN1CCCC(Cn2c(C(=O)O)cc(O)cc2=O)C1. The van der Waals surface area contributed by atoms with E-state index in [1.807, 2.05) is 7.05 Å². The molecule has 1 saturated heterocycles. The molecule has 2 heterocycles. The van der Waals surface area contributed by atoms with Gasteiger partial charge in [-0.25, -0.2) is 4.79 Å². The second-order valence-corrected chi connectivity index (χ2v) is 5.12. The van der Waals surface area contributed by atoms with Crippen molar-refractivity contribution in [3.05, 3.63) is 28.2 Å². The number of aromatic hydroxyl groups is 1. The third-order valence-electron chi connectivity index (χ3n) is 3.49. The fourth-order valence-electron chi connectivity index (χ4n) is 2.63. The van der Waals surface area contributed by atoms with Crippen LogP contribution in [0.3, 0.4) is 0 Å². The van der Waals surface area contributed by atoms with Crippen LogP contribution in [0.25, 0.3) is 0 Å². The molecule has 0 spiro atoms. The molecule has 1 fully saturated rings. The third-order valence-corrected chi connectivity index (χ3v) is 3.49. The smallest absolute Gasteiger partial charge is 0.352 e. The van der Waals surface area contributed by atoms with Gasteiger partial charge in [-0.1, -0.05) is 0 Å². The van der Waals surface area contributed by atoms with Crippen LogP contribution < -0.4 is 5.56 Å². The number of carboxylic acid groups (broad SMARTS) is 1. The van der Waals surface area contributed by atoms with Crippen LogP contribution in [0.15, 0.2) is 16.9 Å². The molecule has 19 heavy (non-hydrogen) atoms. The van der Waals surface area contributed by atoms with Gasteiger partial charge in [0, 0.05) is 25.2 Å². The quantitative estimate of drug-likeness (QED) is 0.837. The van der Waals surface area contributed by atoms with Gasteiger partial charge in [-0.15, -0.1) is 0 Å². The zero-order valence-electron chi connectivity index (χ0n) is 10.9. The standard InChI is InChI=1S/C13H18N2O4/c1-14-4-2-3-9(7-14)8-15-11(13(18)19)5-10(16)6-12(15)17/h5-6,9,16H,2-4,7-8H2,1H3,(H,18,19). The van der Waals surface area contributed by atoms with Crippen LogP contribution >= 0.6 is 0 Å². The average Bonchev–Trinajstić information content (AvgIpc) is 2.32. The summed E-state index contributed by atoms with van der Waals surface area (Å²) in [7, 11) is 2.02. The van der Waals surface area contributed by atoms with Crippen molar-refractivity contribution in [1.82, 2.24) is 9.47 Å². The second kappa shape index (κ2) is 5.44. The van der Waals surface area contributed by atoms with E-state index in [1.54, 1.807) is 0 Å². The summed E-state index contributed by atoms with van der Waals surface area (Å²) in [6.45, 7) is 2.27. The summed E-state index contributed by atoms with van der Waals surface area (Å²) in [4.78, 5) is 25.2. The Morgan fingerprint density at radius 2 is 2.21 bits per heavy atom. The first-order chi connectivity index (χ1) is 8.97. The number of aromatic carboxylic acids is 1. The molecule has 0 aromatic carbocycles. The van der Waals surface area contributed by atoms with E-state index in [4.69, 9.17) is 5.11 Å². The van der Waals surface area contributed by atoms with Crippen molar-refractivity contribution in [3.63, 3.8) is 0 Å². The molecular weight excluding hydrogens is 248 g/mol. The van der Waals surface area contributed by atoms with Gasteiger partial charge in [0.2, 0.25) is 0 Å². The average molecular weight is 266 g/mol. The van der Waals surface area contributed by atoms with Crippen molar-refractivity contribution in [3.8, 4) is 5.75 Å². The lowest BCUT2D eigenvalue weighted by Gasteiger charge is -2.30. The van der Waals surface area contributed by atoms with E-state index in [0.29, 0.717) is 6.54 Å². The number of rotatable bonds is 3. The Labute approximate surface area is 110 Å². The zero-order valence-corrected chi connectivity index (χ0v) is 10.9. The Morgan fingerprint density at radius 3 is 2.84 bits per heavy atom. The molecule has 0 saturated carbocycles. The molecule has 1 aliphatic heterocycles. The molecule has 0 radical (unpaired) electrons. The molecule has 2 N–H and O–H groups in total. The number of likely N-dealkylation sites (tertiary alicyclic amines) is 1. The van der Waals surface area contributed by atoms with Crippen molar-refractivity contribution in [1.29, 1.82) is 0 Å². The molecule has 1 aromatic rings. The Kier molecular flexibility index (Phi) is 3.90. The third kappa shape index (κ3) is 3.14. The molecule has 1 aromatic heterocycles. The summed E-state index contributed by atoms with van der Waals surface area (Å²) in [6.07, 6.45) is 2.03. The first-order valence-corrected chi connectivity index (χ1v) is 6.33. The van der Waals surface area contributed by atoms with Gasteiger partial charge in [-0.3, -0.25) is 4.79 Å². The lowest BCUT2D eigenvalue weighted by Crippen LogP contribution is -2.37. The predicted octanol–water partition coefficient (Wildman–Crippen LogP) is 0.594. The van der Waals surface area contributed by atoms with Gasteiger partial charge in [0.1, 0.15) is 11.4 Å². The van der Waals surface area contributed by atoms with Crippen molar-refractivity contribution < 1.29 is 15.0 Å². The monoisotopic (exact) mass is 266 g/mol. The van der Waals surface area contributed by atoms with Crippen LogP contribution in [-0.2, 0) is 6.54 Å². The Morgan fingerprint density at radius 1 is 1.47 bits per heavy atom. The minimum Gasteiger partial charge on any atom is -0.508 e. The molecule has 1 unspecified atom stereocenters. The number of hydrogen-bond acceptors (Lipinski definition) is 4. The highest BCUT2D eigenvalue weighted by molar-refractivity contribution is 5.86. The van der Waals surface area contributed by atoms with Gasteiger partial charge < -0.3 is 19.7 Å². The highest BCUT2D eigenvalue weighted by atomic mass is 16.4. The maximum Gasteiger partial charge on any atom is 0.352 e. The Balaban J connectivity index is 2.28. The van der Waals surface area contributed by atoms with Crippen LogP contribution in [0.5, 0.6) is 5.75 Å². The molecule has 0 aliphatic carbocycles. The molecular formula is C13H18N2O4. The van der Waals surface area contributed by atoms with Gasteiger partial charge in [0.15, 0.2) is 0 Å². The zero-order chi connectivity index (χ0) is 14.0. The lowest BCUT2D eigenvalue weighted by atomic mass is 9.98. The molecule has 1 aliphatic rings. The van der Waals surface area contributed by atoms with Gasteiger partial charge in [0.25, 0.3) is 5.56 Å². The minimum atomic E-state index is -1.20. The fourth-order valence-corrected chi connectivity index (χ4v) is 2.63. The fraction of sp³-hybridized carbons (Fsp3) is 0.538. The van der Waals surface area contributed by atoms with Crippen LogP contribution in [0.4, 0.5) is 0 Å². The molecule has 1 atom stereocenters. The largest absolute Gasteiger partial charge is 0.508 e. The van der Waals surface area contributed by atoms with Crippen molar-refractivity contribution >= 4 is 5.97 Å².